The van der Waals surface area contributed by atoms with Crippen molar-refractivity contribution >= 4 is 54.1 Å². The van der Waals surface area contributed by atoms with E-state index in [1.165, 1.54) is 17.2 Å². The number of rotatable bonds is 8. The molecule has 176 valence electrons. The number of aromatic nitrogens is 3. The molecule has 0 amide bonds. The van der Waals surface area contributed by atoms with Crippen LogP contribution in [0.15, 0.2) is 99.3 Å². The first-order chi connectivity index (χ1) is 17.0. The first-order valence-corrected chi connectivity index (χ1v) is 14.1. The van der Waals surface area contributed by atoms with Gasteiger partial charge in [0.15, 0.2) is 5.52 Å². The van der Waals surface area contributed by atoms with E-state index in [1.54, 1.807) is 16.7 Å². The monoisotopic (exact) mass is 564 g/mol. The van der Waals surface area contributed by atoms with Gasteiger partial charge in [0.1, 0.15) is 4.21 Å². The summed E-state index contributed by atoms with van der Waals surface area (Å²) in [4.78, 5) is 9.23. The quantitative estimate of drug-likeness (QED) is 0.207. The molecule has 9 heteroatoms. The standard InChI is InChI=1S/C26H21BrN4O2S2/c27-23-13-14-24(34-23)35(32,33)30-25-26(29-22-12-5-4-11-21(22)28-25)31-17-15-20(16-18-31)10-6-9-19-7-2-1-3-8-19/h1-5,7-8,11-18H,6,9-10H2. The lowest BCUT2D eigenvalue weighted by molar-refractivity contribution is -0.598. The maximum Gasteiger partial charge on any atom is 0.327 e. The number of halogens is 1. The van der Waals surface area contributed by atoms with Crippen LogP contribution in [0.4, 0.5) is 5.82 Å². The molecular weight excluding hydrogens is 544 g/mol. The van der Waals surface area contributed by atoms with Crippen LogP contribution in [0, 0.1) is 0 Å². The molecule has 5 rings (SSSR count). The van der Waals surface area contributed by atoms with Gasteiger partial charge in [-0.1, -0.05) is 48.5 Å². The first kappa shape index (κ1) is 23.6. The van der Waals surface area contributed by atoms with Crippen LogP contribution in [0.2, 0.25) is 0 Å². The van der Waals surface area contributed by atoms with Crippen molar-refractivity contribution in [2.45, 2.75) is 23.5 Å². The molecule has 0 spiro atoms. The van der Waals surface area contributed by atoms with Crippen molar-refractivity contribution in [2.24, 2.45) is 0 Å². The highest BCUT2D eigenvalue weighted by atomic mass is 79.9. The van der Waals surface area contributed by atoms with Gasteiger partial charge in [-0.15, -0.1) is 11.3 Å². The SMILES string of the molecule is O=S(=O)([N-]c1nc2ccccc2nc1-[n+]1ccc(CCCc2ccccc2)cc1)c1ccc(Br)s1. The second kappa shape index (κ2) is 10.2. The Morgan fingerprint density at radius 2 is 1.43 bits per heavy atom. The molecule has 5 aromatic rings. The van der Waals surface area contributed by atoms with Crippen LogP contribution in [-0.4, -0.2) is 18.4 Å². The third-order valence-electron chi connectivity index (χ3n) is 5.46. The molecule has 0 aliphatic carbocycles. The summed E-state index contributed by atoms with van der Waals surface area (Å²) in [5.41, 5.74) is 3.77. The van der Waals surface area contributed by atoms with E-state index in [4.69, 9.17) is 4.98 Å². The van der Waals surface area contributed by atoms with Crippen molar-refractivity contribution in [1.82, 2.24) is 9.97 Å². The van der Waals surface area contributed by atoms with Gasteiger partial charge in [0.05, 0.1) is 16.2 Å². The lowest BCUT2D eigenvalue weighted by atomic mass is 10.1. The van der Waals surface area contributed by atoms with Crippen LogP contribution < -0.4 is 4.57 Å². The van der Waals surface area contributed by atoms with Crippen LogP contribution in [0.5, 0.6) is 0 Å². The zero-order valence-electron chi connectivity index (χ0n) is 18.6. The molecule has 0 fully saturated rings. The zero-order valence-corrected chi connectivity index (χ0v) is 21.8. The Balaban J connectivity index is 1.42. The van der Waals surface area contributed by atoms with Crippen LogP contribution >= 0.6 is 27.3 Å². The summed E-state index contributed by atoms with van der Waals surface area (Å²) < 4.78 is 32.6. The van der Waals surface area contributed by atoms with E-state index < -0.39 is 10.0 Å². The summed E-state index contributed by atoms with van der Waals surface area (Å²) in [6, 6.07) is 25.0. The molecule has 0 saturated heterocycles. The van der Waals surface area contributed by atoms with E-state index in [0.717, 1.165) is 30.6 Å². The van der Waals surface area contributed by atoms with Crippen LogP contribution in [0.1, 0.15) is 17.5 Å². The Morgan fingerprint density at radius 3 is 2.09 bits per heavy atom. The van der Waals surface area contributed by atoms with Crippen LogP contribution in [0.25, 0.3) is 21.6 Å². The smallest absolute Gasteiger partial charge is 0.327 e. The van der Waals surface area contributed by atoms with Gasteiger partial charge in [0, 0.05) is 11.3 Å². The number of hydrogen-bond donors (Lipinski definition) is 0. The summed E-state index contributed by atoms with van der Waals surface area (Å²) in [5, 5.41) is 0. The van der Waals surface area contributed by atoms with Gasteiger partial charge in [-0.3, -0.25) is 0 Å². The van der Waals surface area contributed by atoms with Gasteiger partial charge in [-0.25, -0.2) is 13.0 Å². The average molecular weight is 566 g/mol. The van der Waals surface area contributed by atoms with E-state index >= 15 is 0 Å². The number of fused-ring (bicyclic) bond motifs is 1. The van der Waals surface area contributed by atoms with E-state index in [9.17, 15) is 8.42 Å². The fourth-order valence-corrected chi connectivity index (χ4v) is 6.64. The highest BCUT2D eigenvalue weighted by Crippen LogP contribution is 2.34. The number of sulfonamides is 1. The summed E-state index contributed by atoms with van der Waals surface area (Å²) in [7, 11) is -3.94. The van der Waals surface area contributed by atoms with Crippen LogP contribution in [0.3, 0.4) is 0 Å². The Hall–Kier alpha value is -3.14. The molecule has 35 heavy (non-hydrogen) atoms. The highest BCUT2D eigenvalue weighted by molar-refractivity contribution is 9.11. The molecule has 0 aliphatic heterocycles. The predicted molar refractivity (Wildman–Crippen MR) is 142 cm³/mol. The number of thiophene rings is 1. The van der Waals surface area contributed by atoms with Gasteiger partial charge in [-0.2, -0.15) is 0 Å². The molecule has 0 aliphatic rings. The fourth-order valence-electron chi connectivity index (χ4n) is 3.72. The number of aryl methyl sites for hydroxylation is 2. The topological polar surface area (TPSA) is 77.9 Å². The zero-order chi connectivity index (χ0) is 24.3. The molecular formula is C26H21BrN4O2S2. The molecule has 3 aromatic heterocycles. The maximum absolute atomic E-state index is 13.0. The molecule has 6 nitrogen and oxygen atoms in total. The minimum Gasteiger partial charge on any atom is -0.425 e. The second-order valence-electron chi connectivity index (χ2n) is 7.94. The Morgan fingerprint density at radius 1 is 0.800 bits per heavy atom. The summed E-state index contributed by atoms with van der Waals surface area (Å²) >= 11 is 4.42. The van der Waals surface area contributed by atoms with Crippen molar-refractivity contribution < 1.29 is 13.0 Å². The van der Waals surface area contributed by atoms with Crippen LogP contribution in [-0.2, 0) is 22.9 Å². The number of pyridine rings is 1. The molecule has 0 bridgehead atoms. The molecule has 0 saturated carbocycles. The van der Waals surface area contributed by atoms with Crippen molar-refractivity contribution in [3.63, 3.8) is 0 Å². The number of hydrogen-bond acceptors (Lipinski definition) is 5. The number of nitrogens with zero attached hydrogens (tertiary/aromatic N) is 4. The van der Waals surface area contributed by atoms with E-state index in [-0.39, 0.29) is 10.0 Å². The van der Waals surface area contributed by atoms with E-state index in [0.29, 0.717) is 20.6 Å². The summed E-state index contributed by atoms with van der Waals surface area (Å²) in [5.74, 6) is 0.411. The van der Waals surface area contributed by atoms with Gasteiger partial charge >= 0.3 is 5.82 Å². The van der Waals surface area contributed by atoms with Crippen molar-refractivity contribution in [3.8, 4) is 5.82 Å². The Kier molecular flexibility index (Phi) is 6.90. The maximum atomic E-state index is 13.0. The minimum atomic E-state index is -3.94. The lowest BCUT2D eigenvalue weighted by Crippen LogP contribution is -2.31. The third kappa shape index (κ3) is 5.58. The van der Waals surface area contributed by atoms with Gasteiger partial charge in [0.2, 0.25) is 10.0 Å². The Bertz CT molecular complexity index is 1570. The fraction of sp³-hybridized carbons (Fsp3) is 0.115. The van der Waals surface area contributed by atoms with E-state index in [2.05, 4.69) is 49.9 Å². The van der Waals surface area contributed by atoms with E-state index in [1.807, 2.05) is 48.8 Å². The predicted octanol–water partition coefficient (Wildman–Crippen LogP) is 6.30. The molecule has 0 atom stereocenters. The molecule has 2 aromatic carbocycles. The highest BCUT2D eigenvalue weighted by Gasteiger charge is 2.19. The number of benzene rings is 2. The molecule has 0 unspecified atom stereocenters. The van der Waals surface area contributed by atoms with Crippen molar-refractivity contribution in [2.75, 3.05) is 0 Å². The second-order valence-corrected chi connectivity index (χ2v) is 12.2. The average Bonchev–Trinajstić information content (AvgIpc) is 3.32. The van der Waals surface area contributed by atoms with Crippen molar-refractivity contribution in [3.05, 3.63) is 111 Å². The minimum absolute atomic E-state index is 0.0510. The molecule has 3 heterocycles. The molecule has 0 radical (unpaired) electrons. The molecule has 0 N–H and O–H groups in total. The van der Waals surface area contributed by atoms with Gasteiger partial charge in [-0.05, 0) is 81.6 Å². The summed E-state index contributed by atoms with van der Waals surface area (Å²) in [6.07, 6.45) is 6.76. The van der Waals surface area contributed by atoms with Gasteiger partial charge in [0.25, 0.3) is 0 Å². The number of para-hydroxylation sites is 2. The van der Waals surface area contributed by atoms with Gasteiger partial charge < -0.3 is 9.71 Å². The largest absolute Gasteiger partial charge is 0.425 e. The first-order valence-electron chi connectivity index (χ1n) is 11.0. The normalized spacial score (nSPS) is 11.6. The Labute approximate surface area is 216 Å². The third-order valence-corrected chi connectivity index (χ3v) is 8.82. The van der Waals surface area contributed by atoms with Crippen molar-refractivity contribution in [1.29, 1.82) is 0 Å². The summed E-state index contributed by atoms with van der Waals surface area (Å²) in [6.45, 7) is 0. The lowest BCUT2D eigenvalue weighted by Gasteiger charge is -2.15.